The molecule has 0 saturated heterocycles. The summed E-state index contributed by atoms with van der Waals surface area (Å²) < 4.78 is 13.5. The Morgan fingerprint density at radius 2 is 2.27 bits per heavy atom. The number of ketones is 1. The third kappa shape index (κ3) is 2.41. The topological polar surface area (TPSA) is 30.0 Å². The minimum absolute atomic E-state index is 0.0583. The summed E-state index contributed by atoms with van der Waals surface area (Å²) in [5, 5.41) is 0. The zero-order valence-corrected chi connectivity index (χ0v) is 8.58. The van der Waals surface area contributed by atoms with Gasteiger partial charge in [0.2, 0.25) is 0 Å². The molecule has 1 unspecified atom stereocenters. The van der Waals surface area contributed by atoms with Gasteiger partial charge in [0.15, 0.2) is 0 Å². The summed E-state index contributed by atoms with van der Waals surface area (Å²) in [4.78, 5) is 15.2. The fraction of sp³-hybridized carbons (Fsp3) is 0.500. The smallest absolute Gasteiger partial charge is 0.144 e. The van der Waals surface area contributed by atoms with Crippen molar-refractivity contribution in [1.29, 1.82) is 0 Å². The molecule has 0 amide bonds. The van der Waals surface area contributed by atoms with E-state index in [0.717, 1.165) is 19.3 Å². The minimum atomic E-state index is -0.280. The van der Waals surface area contributed by atoms with Crippen LogP contribution >= 0.6 is 0 Å². The van der Waals surface area contributed by atoms with E-state index < -0.39 is 0 Å². The van der Waals surface area contributed by atoms with Crippen LogP contribution in [0.2, 0.25) is 0 Å². The Bertz CT molecular complexity index is 364. The third-order valence-corrected chi connectivity index (χ3v) is 2.98. The molecule has 15 heavy (non-hydrogen) atoms. The van der Waals surface area contributed by atoms with Gasteiger partial charge in [-0.25, -0.2) is 4.39 Å². The molecule has 0 aromatic carbocycles. The predicted octanol–water partition coefficient (Wildman–Crippen LogP) is 2.84. The first-order valence-corrected chi connectivity index (χ1v) is 5.38. The average Bonchev–Trinajstić information content (AvgIpc) is 2.43. The Labute approximate surface area is 88.5 Å². The normalized spacial score (nSPS) is 22.5. The van der Waals surface area contributed by atoms with Crippen LogP contribution in [0.15, 0.2) is 18.5 Å². The second-order valence-electron chi connectivity index (χ2n) is 4.08. The minimum Gasteiger partial charge on any atom is -0.300 e. The zero-order chi connectivity index (χ0) is 10.7. The monoisotopic (exact) mass is 207 g/mol. The average molecular weight is 207 g/mol. The maximum absolute atomic E-state index is 13.5. The third-order valence-electron chi connectivity index (χ3n) is 2.98. The van der Waals surface area contributed by atoms with E-state index in [-0.39, 0.29) is 17.5 Å². The Morgan fingerprint density at radius 1 is 1.40 bits per heavy atom. The Balaban J connectivity index is 2.22. The van der Waals surface area contributed by atoms with Crippen molar-refractivity contribution in [1.82, 2.24) is 4.98 Å². The molecule has 0 N–H and O–H groups in total. The number of halogens is 1. The standard InChI is InChI=1S/C12H14FNO/c13-12-8-14-6-5-11(12)9-3-1-2-4-10(15)7-9/h5-6,8-9H,1-4,7H2. The number of carbonyl (C=O) groups is 1. The molecule has 2 nitrogen and oxygen atoms in total. The van der Waals surface area contributed by atoms with E-state index in [1.54, 1.807) is 12.3 Å². The van der Waals surface area contributed by atoms with E-state index in [9.17, 15) is 9.18 Å². The quantitative estimate of drug-likeness (QED) is 0.663. The summed E-state index contributed by atoms with van der Waals surface area (Å²) >= 11 is 0. The fourth-order valence-corrected chi connectivity index (χ4v) is 2.17. The van der Waals surface area contributed by atoms with Gasteiger partial charge in [-0.3, -0.25) is 9.78 Å². The van der Waals surface area contributed by atoms with Gasteiger partial charge in [0.1, 0.15) is 11.6 Å². The molecule has 0 spiro atoms. The van der Waals surface area contributed by atoms with Crippen LogP contribution in [0.3, 0.4) is 0 Å². The highest BCUT2D eigenvalue weighted by Gasteiger charge is 2.21. The number of nitrogens with zero attached hydrogens (tertiary/aromatic N) is 1. The van der Waals surface area contributed by atoms with Crippen LogP contribution in [-0.4, -0.2) is 10.8 Å². The van der Waals surface area contributed by atoms with Crippen molar-refractivity contribution in [2.75, 3.05) is 0 Å². The lowest BCUT2D eigenvalue weighted by molar-refractivity contribution is -0.119. The largest absolute Gasteiger partial charge is 0.300 e. The van der Waals surface area contributed by atoms with Crippen LogP contribution in [-0.2, 0) is 4.79 Å². The molecule has 3 heteroatoms. The molecular weight excluding hydrogens is 193 g/mol. The molecule has 1 fully saturated rings. The van der Waals surface area contributed by atoms with Gasteiger partial charge in [-0.05, 0) is 30.4 Å². The first-order chi connectivity index (χ1) is 7.27. The summed E-state index contributed by atoms with van der Waals surface area (Å²) in [5.74, 6) is 0.0360. The maximum atomic E-state index is 13.5. The SMILES string of the molecule is O=C1CCCCC(c2ccncc2F)C1. The number of carbonyl (C=O) groups excluding carboxylic acids is 1. The molecule has 1 aliphatic rings. The van der Waals surface area contributed by atoms with Crippen LogP contribution in [0.5, 0.6) is 0 Å². The summed E-state index contributed by atoms with van der Waals surface area (Å²) in [5.41, 5.74) is 0.653. The second kappa shape index (κ2) is 4.51. The van der Waals surface area contributed by atoms with Gasteiger partial charge in [0, 0.05) is 19.0 Å². The van der Waals surface area contributed by atoms with Crippen LogP contribution in [0.4, 0.5) is 4.39 Å². The van der Waals surface area contributed by atoms with E-state index in [4.69, 9.17) is 0 Å². The van der Waals surface area contributed by atoms with Gasteiger partial charge in [-0.15, -0.1) is 0 Å². The number of rotatable bonds is 1. The molecule has 1 heterocycles. The predicted molar refractivity (Wildman–Crippen MR) is 55.0 cm³/mol. The first-order valence-electron chi connectivity index (χ1n) is 5.38. The lowest BCUT2D eigenvalue weighted by Gasteiger charge is -2.13. The molecular formula is C12H14FNO. The molecule has 1 saturated carbocycles. The van der Waals surface area contributed by atoms with Gasteiger partial charge in [0.25, 0.3) is 0 Å². The molecule has 0 bridgehead atoms. The molecule has 2 rings (SSSR count). The lowest BCUT2D eigenvalue weighted by atomic mass is 9.92. The number of aromatic nitrogens is 1. The van der Waals surface area contributed by atoms with E-state index in [1.165, 1.54) is 6.20 Å². The number of Topliss-reactive ketones (excluding diaryl/α,β-unsaturated/α-hetero) is 1. The molecule has 1 aromatic heterocycles. The lowest BCUT2D eigenvalue weighted by Crippen LogP contribution is -2.05. The Hall–Kier alpha value is -1.25. The van der Waals surface area contributed by atoms with Crippen molar-refractivity contribution >= 4 is 5.78 Å². The van der Waals surface area contributed by atoms with Crippen molar-refractivity contribution < 1.29 is 9.18 Å². The molecule has 1 aromatic rings. The van der Waals surface area contributed by atoms with Gasteiger partial charge >= 0.3 is 0 Å². The van der Waals surface area contributed by atoms with Crippen molar-refractivity contribution in [3.05, 3.63) is 29.8 Å². The van der Waals surface area contributed by atoms with Crippen LogP contribution in [0.1, 0.15) is 43.6 Å². The summed E-state index contributed by atoms with van der Waals surface area (Å²) in [6, 6.07) is 1.69. The van der Waals surface area contributed by atoms with Crippen molar-refractivity contribution in [2.24, 2.45) is 0 Å². The van der Waals surface area contributed by atoms with Crippen molar-refractivity contribution in [3.8, 4) is 0 Å². The summed E-state index contributed by atoms with van der Waals surface area (Å²) in [6.07, 6.45) is 6.83. The number of pyridine rings is 1. The van der Waals surface area contributed by atoms with E-state index in [1.807, 2.05) is 0 Å². The highest BCUT2D eigenvalue weighted by Crippen LogP contribution is 2.30. The maximum Gasteiger partial charge on any atom is 0.144 e. The molecule has 80 valence electrons. The van der Waals surface area contributed by atoms with Gasteiger partial charge in [-0.1, -0.05) is 6.42 Å². The molecule has 1 atom stereocenters. The fourth-order valence-electron chi connectivity index (χ4n) is 2.17. The van der Waals surface area contributed by atoms with Crippen LogP contribution in [0, 0.1) is 5.82 Å². The van der Waals surface area contributed by atoms with Crippen LogP contribution in [0.25, 0.3) is 0 Å². The summed E-state index contributed by atoms with van der Waals surface area (Å²) in [6.45, 7) is 0. The van der Waals surface area contributed by atoms with Gasteiger partial charge in [-0.2, -0.15) is 0 Å². The van der Waals surface area contributed by atoms with Crippen LogP contribution < -0.4 is 0 Å². The van der Waals surface area contributed by atoms with Crippen molar-refractivity contribution in [2.45, 2.75) is 38.0 Å². The van der Waals surface area contributed by atoms with E-state index >= 15 is 0 Å². The Kier molecular flexibility index (Phi) is 3.09. The number of hydrogen-bond donors (Lipinski definition) is 0. The molecule has 0 radical (unpaired) electrons. The highest BCUT2D eigenvalue weighted by atomic mass is 19.1. The zero-order valence-electron chi connectivity index (χ0n) is 8.58. The second-order valence-corrected chi connectivity index (χ2v) is 4.08. The Morgan fingerprint density at radius 3 is 3.07 bits per heavy atom. The molecule has 1 aliphatic carbocycles. The summed E-state index contributed by atoms with van der Waals surface area (Å²) in [7, 11) is 0. The first kappa shape index (κ1) is 10.3. The van der Waals surface area contributed by atoms with E-state index in [0.29, 0.717) is 18.4 Å². The molecule has 0 aliphatic heterocycles. The number of hydrogen-bond acceptors (Lipinski definition) is 2. The van der Waals surface area contributed by atoms with Crippen molar-refractivity contribution in [3.63, 3.8) is 0 Å². The van der Waals surface area contributed by atoms with E-state index in [2.05, 4.69) is 4.98 Å². The van der Waals surface area contributed by atoms with Gasteiger partial charge < -0.3 is 0 Å². The highest BCUT2D eigenvalue weighted by molar-refractivity contribution is 5.79. The van der Waals surface area contributed by atoms with Gasteiger partial charge in [0.05, 0.1) is 6.20 Å².